The Hall–Kier alpha value is -1.42. The normalized spacial score (nSPS) is 10.6. The second kappa shape index (κ2) is 3.38. The topological polar surface area (TPSA) is 37.3 Å². The van der Waals surface area contributed by atoms with Crippen LogP contribution in [-0.4, -0.2) is 11.1 Å². The van der Waals surface area contributed by atoms with Gasteiger partial charge in [-0.2, -0.15) is 0 Å². The maximum absolute atomic E-state index is 12.5. The number of benzene rings is 1. The smallest absolute Gasteiger partial charge is 0.336 e. The Bertz CT molecular complexity index is 490. The molecule has 0 saturated carbocycles. The second-order valence-corrected chi connectivity index (χ2v) is 3.79. The van der Waals surface area contributed by atoms with E-state index in [1.54, 1.807) is 17.5 Å². The molecule has 1 aromatic heterocycles. The molecule has 1 N–H and O–H groups in total. The molecule has 0 unspecified atom stereocenters. The van der Waals surface area contributed by atoms with E-state index < -0.39 is 12.6 Å². The summed E-state index contributed by atoms with van der Waals surface area (Å²) in [6.07, 6.45) is 0. The molecule has 2 aromatic rings. The Kier molecular flexibility index (Phi) is 2.21. The Morgan fingerprint density at radius 3 is 2.93 bits per heavy atom. The molecule has 0 radical (unpaired) electrons. The average Bonchev–Trinajstić information content (AvgIpc) is 2.59. The molecule has 0 aliphatic carbocycles. The highest BCUT2D eigenvalue weighted by molar-refractivity contribution is 7.17. The van der Waals surface area contributed by atoms with E-state index in [-0.39, 0.29) is 5.56 Å². The summed E-state index contributed by atoms with van der Waals surface area (Å²) in [5.74, 6) is -1.01. The molecule has 1 heterocycles. The fourth-order valence-corrected chi connectivity index (χ4v) is 2.40. The van der Waals surface area contributed by atoms with Gasteiger partial charge in [0, 0.05) is 15.6 Å². The minimum absolute atomic E-state index is 0.177. The van der Waals surface area contributed by atoms with Crippen LogP contribution in [0.1, 0.15) is 15.9 Å². The van der Waals surface area contributed by atoms with E-state index in [0.717, 1.165) is 4.70 Å². The first-order chi connectivity index (χ1) is 6.74. The maximum Gasteiger partial charge on any atom is 0.336 e. The van der Waals surface area contributed by atoms with Crippen LogP contribution in [0, 0.1) is 0 Å². The van der Waals surface area contributed by atoms with Crippen LogP contribution < -0.4 is 0 Å². The fraction of sp³-hybridized carbons (Fsp3) is 0.100. The number of rotatable bonds is 2. The molecule has 0 aliphatic heterocycles. The number of carboxylic acids is 1. The Balaban J connectivity index is 2.81. The monoisotopic (exact) mass is 210 g/mol. The van der Waals surface area contributed by atoms with Crippen molar-refractivity contribution in [2.45, 2.75) is 6.67 Å². The molecule has 0 aliphatic rings. The highest BCUT2D eigenvalue weighted by Crippen LogP contribution is 2.29. The maximum atomic E-state index is 12.5. The van der Waals surface area contributed by atoms with Gasteiger partial charge in [-0.15, -0.1) is 11.3 Å². The van der Waals surface area contributed by atoms with Crippen LogP contribution >= 0.6 is 11.3 Å². The van der Waals surface area contributed by atoms with Gasteiger partial charge in [0.2, 0.25) is 0 Å². The summed E-state index contributed by atoms with van der Waals surface area (Å²) in [5, 5.41) is 11.1. The van der Waals surface area contributed by atoms with Crippen LogP contribution in [-0.2, 0) is 6.67 Å². The molecule has 14 heavy (non-hydrogen) atoms. The number of thiophene rings is 1. The number of aromatic carboxylic acids is 1. The van der Waals surface area contributed by atoms with Gasteiger partial charge in [-0.1, -0.05) is 6.07 Å². The summed E-state index contributed by atoms with van der Waals surface area (Å²) >= 11 is 1.37. The van der Waals surface area contributed by atoms with E-state index in [2.05, 4.69) is 0 Å². The lowest BCUT2D eigenvalue weighted by Crippen LogP contribution is -1.97. The highest BCUT2D eigenvalue weighted by Gasteiger charge is 2.12. The fourth-order valence-electron chi connectivity index (χ4n) is 1.43. The Morgan fingerprint density at radius 2 is 2.29 bits per heavy atom. The van der Waals surface area contributed by atoms with Gasteiger partial charge in [0.25, 0.3) is 0 Å². The van der Waals surface area contributed by atoms with Gasteiger partial charge in [-0.25, -0.2) is 9.18 Å². The molecule has 1 aromatic carbocycles. The van der Waals surface area contributed by atoms with Crippen molar-refractivity contribution in [3.63, 3.8) is 0 Å². The average molecular weight is 210 g/mol. The summed E-state index contributed by atoms with van der Waals surface area (Å²) in [5.41, 5.74) is 0.638. The van der Waals surface area contributed by atoms with Crippen LogP contribution in [0.5, 0.6) is 0 Å². The minimum Gasteiger partial charge on any atom is -0.478 e. The molecule has 0 fully saturated rings. The van der Waals surface area contributed by atoms with Gasteiger partial charge in [0.15, 0.2) is 0 Å². The van der Waals surface area contributed by atoms with Gasteiger partial charge in [0.1, 0.15) is 6.67 Å². The third-order valence-electron chi connectivity index (χ3n) is 2.05. The quantitative estimate of drug-likeness (QED) is 0.827. The number of hydrogen-bond acceptors (Lipinski definition) is 2. The zero-order chi connectivity index (χ0) is 10.1. The predicted octanol–water partition coefficient (Wildman–Crippen LogP) is 3.07. The minimum atomic E-state index is -1.01. The first kappa shape index (κ1) is 9.15. The SMILES string of the molecule is O=C(O)c1cccc2scc(CF)c12. The van der Waals surface area contributed by atoms with Crippen LogP contribution in [0.2, 0.25) is 0 Å². The first-order valence-electron chi connectivity index (χ1n) is 4.02. The second-order valence-electron chi connectivity index (χ2n) is 2.88. The Labute approximate surface area is 83.6 Å². The van der Waals surface area contributed by atoms with Crippen molar-refractivity contribution < 1.29 is 14.3 Å². The van der Waals surface area contributed by atoms with E-state index in [1.165, 1.54) is 17.4 Å². The van der Waals surface area contributed by atoms with Gasteiger partial charge in [-0.05, 0) is 17.5 Å². The van der Waals surface area contributed by atoms with E-state index >= 15 is 0 Å². The summed E-state index contributed by atoms with van der Waals surface area (Å²) in [6, 6.07) is 4.96. The zero-order valence-electron chi connectivity index (χ0n) is 7.16. The van der Waals surface area contributed by atoms with Gasteiger partial charge < -0.3 is 5.11 Å². The van der Waals surface area contributed by atoms with Crippen molar-refractivity contribution in [1.29, 1.82) is 0 Å². The summed E-state index contributed by atoms with van der Waals surface area (Å²) in [6.45, 7) is -0.621. The lowest BCUT2D eigenvalue weighted by Gasteiger charge is -1.98. The molecule has 0 amide bonds. The molecule has 2 nitrogen and oxygen atoms in total. The zero-order valence-corrected chi connectivity index (χ0v) is 7.97. The van der Waals surface area contributed by atoms with Crippen molar-refractivity contribution in [1.82, 2.24) is 0 Å². The van der Waals surface area contributed by atoms with Crippen LogP contribution in [0.4, 0.5) is 4.39 Å². The van der Waals surface area contributed by atoms with Crippen LogP contribution in [0.15, 0.2) is 23.6 Å². The van der Waals surface area contributed by atoms with Crippen LogP contribution in [0.3, 0.4) is 0 Å². The molecule has 0 saturated heterocycles. The Morgan fingerprint density at radius 1 is 1.50 bits per heavy atom. The third-order valence-corrected chi connectivity index (χ3v) is 3.05. The molecule has 2 rings (SSSR count). The van der Waals surface area contributed by atoms with Gasteiger partial charge in [0.05, 0.1) is 5.56 Å². The molecule has 4 heteroatoms. The third kappa shape index (κ3) is 1.28. The largest absolute Gasteiger partial charge is 0.478 e. The predicted molar refractivity (Wildman–Crippen MR) is 53.6 cm³/mol. The van der Waals surface area contributed by atoms with Gasteiger partial charge in [-0.3, -0.25) is 0 Å². The summed E-state index contributed by atoms with van der Waals surface area (Å²) < 4.78 is 13.4. The van der Waals surface area contributed by atoms with Gasteiger partial charge >= 0.3 is 5.97 Å². The number of fused-ring (bicyclic) bond motifs is 1. The molecule has 72 valence electrons. The molecule has 0 atom stereocenters. The van der Waals surface area contributed by atoms with Crippen LogP contribution in [0.25, 0.3) is 10.1 Å². The first-order valence-corrected chi connectivity index (χ1v) is 4.90. The molecule has 0 bridgehead atoms. The number of hydrogen-bond donors (Lipinski definition) is 1. The van der Waals surface area contributed by atoms with Crippen molar-refractivity contribution >= 4 is 27.4 Å². The standard InChI is InChI=1S/C10H7FO2S/c11-4-6-5-14-8-3-1-2-7(9(6)8)10(12)13/h1-3,5H,4H2,(H,12,13). The van der Waals surface area contributed by atoms with Crippen molar-refractivity contribution in [2.24, 2.45) is 0 Å². The van der Waals surface area contributed by atoms with E-state index in [1.807, 2.05) is 0 Å². The molecular formula is C10H7FO2S. The number of carboxylic acid groups (broad SMARTS) is 1. The van der Waals surface area contributed by atoms with Crippen molar-refractivity contribution in [3.05, 3.63) is 34.7 Å². The highest BCUT2D eigenvalue weighted by atomic mass is 32.1. The van der Waals surface area contributed by atoms with E-state index in [0.29, 0.717) is 10.9 Å². The lowest BCUT2D eigenvalue weighted by atomic mass is 10.1. The number of alkyl halides is 1. The summed E-state index contributed by atoms with van der Waals surface area (Å²) in [7, 11) is 0. The van der Waals surface area contributed by atoms with Crippen molar-refractivity contribution in [2.75, 3.05) is 0 Å². The van der Waals surface area contributed by atoms with E-state index in [9.17, 15) is 9.18 Å². The number of carbonyl (C=O) groups is 1. The van der Waals surface area contributed by atoms with Crippen molar-refractivity contribution in [3.8, 4) is 0 Å². The summed E-state index contributed by atoms with van der Waals surface area (Å²) in [4.78, 5) is 10.9. The molecule has 0 spiro atoms. The molecular weight excluding hydrogens is 203 g/mol. The lowest BCUT2D eigenvalue weighted by molar-refractivity contribution is 0.0699. The number of halogens is 1. The van der Waals surface area contributed by atoms with E-state index in [4.69, 9.17) is 5.11 Å².